The van der Waals surface area contributed by atoms with Crippen LogP contribution in [0.25, 0.3) is 0 Å². The summed E-state index contributed by atoms with van der Waals surface area (Å²) in [6.07, 6.45) is 0. The molecule has 29 heavy (non-hydrogen) atoms. The number of amides is 1. The van der Waals surface area contributed by atoms with Crippen molar-refractivity contribution in [1.29, 1.82) is 0 Å². The van der Waals surface area contributed by atoms with E-state index in [0.717, 1.165) is 22.4 Å². The van der Waals surface area contributed by atoms with Gasteiger partial charge in [0.15, 0.2) is 6.61 Å². The Balaban J connectivity index is 1.60. The standard InChI is InChI=1S/C24H23NO4/c1-28-21-14-8-9-18(15-21)16-25-22(26)17-29-24(27)23(19-10-4-2-5-11-19)20-12-6-3-7-13-20/h2-15,23H,16-17H2,1H3,(H,25,26). The van der Waals surface area contributed by atoms with Crippen molar-refractivity contribution in [2.75, 3.05) is 13.7 Å². The smallest absolute Gasteiger partial charge is 0.318 e. The SMILES string of the molecule is COc1cccc(CNC(=O)COC(=O)C(c2ccccc2)c2ccccc2)c1. The molecule has 0 saturated heterocycles. The number of rotatable bonds is 8. The summed E-state index contributed by atoms with van der Waals surface area (Å²) in [5.74, 6) is -0.680. The second-order valence-corrected chi connectivity index (χ2v) is 6.49. The third-order valence-electron chi connectivity index (χ3n) is 4.47. The Hall–Kier alpha value is -3.60. The quantitative estimate of drug-likeness (QED) is 0.597. The lowest BCUT2D eigenvalue weighted by molar-refractivity contribution is -0.149. The van der Waals surface area contributed by atoms with Crippen molar-refractivity contribution in [1.82, 2.24) is 5.32 Å². The number of hydrogen-bond acceptors (Lipinski definition) is 4. The van der Waals surface area contributed by atoms with E-state index in [1.54, 1.807) is 7.11 Å². The van der Waals surface area contributed by atoms with Crippen molar-refractivity contribution in [2.24, 2.45) is 0 Å². The van der Waals surface area contributed by atoms with Gasteiger partial charge in [0, 0.05) is 6.54 Å². The van der Waals surface area contributed by atoms with Crippen LogP contribution in [0.15, 0.2) is 84.9 Å². The third-order valence-corrected chi connectivity index (χ3v) is 4.47. The summed E-state index contributed by atoms with van der Waals surface area (Å²) in [6, 6.07) is 26.2. The number of methoxy groups -OCH3 is 1. The highest BCUT2D eigenvalue weighted by atomic mass is 16.5. The Morgan fingerprint density at radius 2 is 1.48 bits per heavy atom. The molecule has 0 aliphatic heterocycles. The van der Waals surface area contributed by atoms with Gasteiger partial charge in [0.25, 0.3) is 5.91 Å². The first-order valence-electron chi connectivity index (χ1n) is 9.33. The number of nitrogens with one attached hydrogen (secondary N) is 1. The minimum absolute atomic E-state index is 0.328. The number of benzene rings is 3. The molecule has 0 atom stereocenters. The first kappa shape index (κ1) is 20.1. The maximum absolute atomic E-state index is 12.8. The van der Waals surface area contributed by atoms with Crippen LogP contribution < -0.4 is 10.1 Å². The molecule has 0 bridgehead atoms. The Morgan fingerprint density at radius 1 is 0.862 bits per heavy atom. The van der Waals surface area contributed by atoms with Crippen LogP contribution >= 0.6 is 0 Å². The largest absolute Gasteiger partial charge is 0.497 e. The third kappa shape index (κ3) is 5.69. The summed E-state index contributed by atoms with van der Waals surface area (Å²) in [5, 5.41) is 2.75. The summed E-state index contributed by atoms with van der Waals surface area (Å²) in [5.41, 5.74) is 2.54. The van der Waals surface area contributed by atoms with Gasteiger partial charge in [0.1, 0.15) is 11.7 Å². The van der Waals surface area contributed by atoms with Gasteiger partial charge in [-0.05, 0) is 28.8 Å². The second-order valence-electron chi connectivity index (χ2n) is 6.49. The van der Waals surface area contributed by atoms with Crippen molar-refractivity contribution < 1.29 is 19.1 Å². The van der Waals surface area contributed by atoms with Crippen molar-refractivity contribution in [3.05, 3.63) is 102 Å². The van der Waals surface area contributed by atoms with Crippen LogP contribution in [0.1, 0.15) is 22.6 Å². The molecular formula is C24H23NO4. The fraction of sp³-hybridized carbons (Fsp3) is 0.167. The molecule has 3 aromatic rings. The Morgan fingerprint density at radius 3 is 2.07 bits per heavy atom. The van der Waals surface area contributed by atoms with Crippen molar-refractivity contribution in [2.45, 2.75) is 12.5 Å². The molecule has 0 radical (unpaired) electrons. The van der Waals surface area contributed by atoms with E-state index < -0.39 is 11.9 Å². The van der Waals surface area contributed by atoms with Gasteiger partial charge in [-0.15, -0.1) is 0 Å². The molecule has 0 spiro atoms. The zero-order valence-electron chi connectivity index (χ0n) is 16.2. The monoisotopic (exact) mass is 389 g/mol. The molecule has 5 heteroatoms. The van der Waals surface area contributed by atoms with E-state index in [1.165, 1.54) is 0 Å². The normalized spacial score (nSPS) is 10.4. The minimum atomic E-state index is -0.580. The van der Waals surface area contributed by atoms with Gasteiger partial charge in [0.05, 0.1) is 7.11 Å². The summed E-state index contributed by atoms with van der Waals surface area (Å²) in [4.78, 5) is 24.9. The molecule has 0 heterocycles. The highest BCUT2D eigenvalue weighted by Crippen LogP contribution is 2.25. The molecule has 148 valence electrons. The summed E-state index contributed by atoms with van der Waals surface area (Å²) in [7, 11) is 1.59. The minimum Gasteiger partial charge on any atom is -0.497 e. The average molecular weight is 389 g/mol. The van der Waals surface area contributed by atoms with Gasteiger partial charge in [-0.2, -0.15) is 0 Å². The first-order chi connectivity index (χ1) is 14.2. The highest BCUT2D eigenvalue weighted by molar-refractivity contribution is 5.85. The van der Waals surface area contributed by atoms with E-state index in [2.05, 4.69) is 5.32 Å². The van der Waals surface area contributed by atoms with Crippen LogP contribution in [-0.2, 0) is 20.9 Å². The van der Waals surface area contributed by atoms with Gasteiger partial charge in [0.2, 0.25) is 0 Å². The highest BCUT2D eigenvalue weighted by Gasteiger charge is 2.24. The molecule has 0 saturated carbocycles. The Bertz CT molecular complexity index is 902. The number of carbonyl (C=O) groups excluding carboxylic acids is 2. The first-order valence-corrected chi connectivity index (χ1v) is 9.33. The number of esters is 1. The van der Waals surface area contributed by atoms with E-state index in [9.17, 15) is 9.59 Å². The van der Waals surface area contributed by atoms with Gasteiger partial charge >= 0.3 is 5.97 Å². The van der Waals surface area contributed by atoms with Gasteiger partial charge in [-0.25, -0.2) is 0 Å². The van der Waals surface area contributed by atoms with E-state index in [4.69, 9.17) is 9.47 Å². The predicted molar refractivity (Wildman–Crippen MR) is 111 cm³/mol. The van der Waals surface area contributed by atoms with E-state index in [-0.39, 0.29) is 12.5 Å². The second kappa shape index (κ2) is 10.1. The lowest BCUT2D eigenvalue weighted by Gasteiger charge is -2.17. The van der Waals surface area contributed by atoms with Crippen LogP contribution in [0.2, 0.25) is 0 Å². The average Bonchev–Trinajstić information content (AvgIpc) is 2.78. The lowest BCUT2D eigenvalue weighted by atomic mass is 9.91. The molecule has 3 rings (SSSR count). The maximum Gasteiger partial charge on any atom is 0.318 e. The molecule has 1 N–H and O–H groups in total. The molecule has 0 unspecified atom stereocenters. The molecule has 0 aliphatic carbocycles. The molecule has 3 aromatic carbocycles. The van der Waals surface area contributed by atoms with E-state index in [1.807, 2.05) is 84.9 Å². The lowest BCUT2D eigenvalue weighted by Crippen LogP contribution is -2.29. The zero-order chi connectivity index (χ0) is 20.5. The topological polar surface area (TPSA) is 64.6 Å². The van der Waals surface area contributed by atoms with Gasteiger partial charge in [-0.3, -0.25) is 9.59 Å². The predicted octanol–water partition coefficient (Wildman–Crippen LogP) is 3.69. The van der Waals surface area contributed by atoms with Crippen molar-refractivity contribution in [3.8, 4) is 5.75 Å². The van der Waals surface area contributed by atoms with E-state index in [0.29, 0.717) is 6.54 Å². The Kier molecular flexibility index (Phi) is 7.00. The number of carbonyl (C=O) groups is 2. The molecular weight excluding hydrogens is 366 g/mol. The maximum atomic E-state index is 12.8. The fourth-order valence-corrected chi connectivity index (χ4v) is 3.01. The van der Waals surface area contributed by atoms with Crippen LogP contribution in [0, 0.1) is 0 Å². The van der Waals surface area contributed by atoms with Gasteiger partial charge in [-0.1, -0.05) is 72.8 Å². The van der Waals surface area contributed by atoms with E-state index >= 15 is 0 Å². The van der Waals surface area contributed by atoms with Crippen LogP contribution in [0.4, 0.5) is 0 Å². The van der Waals surface area contributed by atoms with Crippen LogP contribution in [0.3, 0.4) is 0 Å². The van der Waals surface area contributed by atoms with Crippen LogP contribution in [-0.4, -0.2) is 25.6 Å². The molecule has 0 aliphatic rings. The van der Waals surface area contributed by atoms with Crippen LogP contribution in [0.5, 0.6) is 5.75 Å². The molecule has 0 fully saturated rings. The molecule has 5 nitrogen and oxygen atoms in total. The Labute approximate surface area is 170 Å². The molecule has 0 aromatic heterocycles. The van der Waals surface area contributed by atoms with Crippen molar-refractivity contribution >= 4 is 11.9 Å². The number of hydrogen-bond donors (Lipinski definition) is 1. The summed E-state index contributed by atoms with van der Waals surface area (Å²) < 4.78 is 10.5. The summed E-state index contributed by atoms with van der Waals surface area (Å²) >= 11 is 0. The zero-order valence-corrected chi connectivity index (χ0v) is 16.2. The summed E-state index contributed by atoms with van der Waals surface area (Å²) in [6.45, 7) is -0.00660. The number of ether oxygens (including phenoxy) is 2. The fourth-order valence-electron chi connectivity index (χ4n) is 3.01. The molecule has 1 amide bonds. The van der Waals surface area contributed by atoms with Crippen molar-refractivity contribution in [3.63, 3.8) is 0 Å². The van der Waals surface area contributed by atoms with Gasteiger partial charge < -0.3 is 14.8 Å².